The van der Waals surface area contributed by atoms with E-state index in [0.717, 1.165) is 0 Å². The average molecular weight is 220 g/mol. The molecular weight excluding hydrogens is 196 g/mol. The molecule has 0 heterocycles. The third-order valence-corrected chi connectivity index (χ3v) is 3.57. The van der Waals surface area contributed by atoms with Gasteiger partial charge in [-0.15, -0.1) is 0 Å². The average Bonchev–Trinajstić information content (AvgIpc) is 2.14. The van der Waals surface area contributed by atoms with Gasteiger partial charge in [0.15, 0.2) is 5.78 Å². The van der Waals surface area contributed by atoms with Crippen LogP contribution in [0.1, 0.15) is 53.4 Å². The van der Waals surface area contributed by atoms with Crippen molar-refractivity contribution in [1.82, 2.24) is 0 Å². The van der Waals surface area contributed by atoms with Gasteiger partial charge in [0, 0.05) is 0 Å². The van der Waals surface area contributed by atoms with Crippen LogP contribution < -0.4 is 0 Å². The molecule has 1 rings (SSSR count). The Kier molecular flexibility index (Phi) is 4.52. The second-order valence-electron chi connectivity index (χ2n) is 5.77. The van der Waals surface area contributed by atoms with Crippen molar-refractivity contribution < 1.29 is 4.79 Å². The van der Waals surface area contributed by atoms with Crippen LogP contribution in [0.5, 0.6) is 0 Å². The molecule has 0 spiro atoms. The molecular formula is C15H24O. The number of rotatable bonds is 2. The van der Waals surface area contributed by atoms with Crippen molar-refractivity contribution in [1.29, 1.82) is 0 Å². The highest BCUT2D eigenvalue weighted by molar-refractivity contribution is 5.87. The van der Waals surface area contributed by atoms with Crippen molar-refractivity contribution in [3.8, 4) is 0 Å². The summed E-state index contributed by atoms with van der Waals surface area (Å²) in [5.41, 5.74) is 1.87. The van der Waals surface area contributed by atoms with Gasteiger partial charge in [-0.25, -0.2) is 0 Å². The predicted molar refractivity (Wildman–Crippen MR) is 69.3 cm³/mol. The van der Waals surface area contributed by atoms with Crippen LogP contribution in [0.25, 0.3) is 0 Å². The molecule has 0 N–H and O–H groups in total. The first kappa shape index (κ1) is 13.2. The number of ketones is 1. The first-order valence-corrected chi connectivity index (χ1v) is 6.26. The Hall–Kier alpha value is -0.850. The topological polar surface area (TPSA) is 17.1 Å². The van der Waals surface area contributed by atoms with Crippen LogP contribution in [0.4, 0.5) is 0 Å². The van der Waals surface area contributed by atoms with E-state index in [0.29, 0.717) is 11.3 Å². The minimum atomic E-state index is 0.147. The van der Waals surface area contributed by atoms with Gasteiger partial charge in [0.05, 0.1) is 0 Å². The van der Waals surface area contributed by atoms with E-state index in [4.69, 9.17) is 0 Å². The highest BCUT2D eigenvalue weighted by atomic mass is 16.1. The smallest absolute Gasteiger partial charge is 0.152 e. The van der Waals surface area contributed by atoms with E-state index < -0.39 is 0 Å². The first-order chi connectivity index (χ1) is 7.41. The van der Waals surface area contributed by atoms with Crippen molar-refractivity contribution >= 4 is 5.78 Å². The van der Waals surface area contributed by atoms with Gasteiger partial charge in [0.2, 0.25) is 0 Å². The van der Waals surface area contributed by atoms with Gasteiger partial charge in [-0.05, 0) is 56.9 Å². The predicted octanol–water partition coefficient (Wildman–Crippen LogP) is 4.29. The third-order valence-electron chi connectivity index (χ3n) is 3.57. The van der Waals surface area contributed by atoms with Crippen LogP contribution in [0, 0.1) is 11.3 Å². The van der Waals surface area contributed by atoms with Crippen LogP contribution in [-0.4, -0.2) is 5.78 Å². The van der Waals surface area contributed by atoms with Crippen molar-refractivity contribution in [2.45, 2.75) is 53.4 Å². The molecule has 0 amide bonds. The van der Waals surface area contributed by atoms with Crippen molar-refractivity contribution in [3.63, 3.8) is 0 Å². The molecule has 0 fully saturated rings. The van der Waals surface area contributed by atoms with Crippen LogP contribution in [0.15, 0.2) is 23.8 Å². The van der Waals surface area contributed by atoms with Gasteiger partial charge < -0.3 is 0 Å². The van der Waals surface area contributed by atoms with E-state index >= 15 is 0 Å². The summed E-state index contributed by atoms with van der Waals surface area (Å²) in [6.45, 7) is 8.48. The summed E-state index contributed by atoms with van der Waals surface area (Å²) in [5.74, 6) is 0.609. The molecule has 16 heavy (non-hydrogen) atoms. The maximum atomic E-state index is 11.0. The zero-order chi connectivity index (χ0) is 12.2. The van der Waals surface area contributed by atoms with E-state index in [-0.39, 0.29) is 5.78 Å². The third kappa shape index (κ3) is 4.34. The quantitative estimate of drug-likeness (QED) is 0.501. The molecule has 0 saturated carbocycles. The number of hydrogen-bond donors (Lipinski definition) is 0. The highest BCUT2D eigenvalue weighted by Gasteiger charge is 2.21. The zero-order valence-corrected chi connectivity index (χ0v) is 11.0. The largest absolute Gasteiger partial charge is 0.295 e. The second kappa shape index (κ2) is 5.47. The monoisotopic (exact) mass is 220 g/mol. The maximum absolute atomic E-state index is 11.0. The Balaban J connectivity index is 2.74. The molecule has 0 radical (unpaired) electrons. The summed E-state index contributed by atoms with van der Waals surface area (Å²) >= 11 is 0. The fraction of sp³-hybridized carbons (Fsp3) is 0.667. The molecule has 90 valence electrons. The van der Waals surface area contributed by atoms with Crippen LogP contribution in [0.3, 0.4) is 0 Å². The van der Waals surface area contributed by atoms with Gasteiger partial charge in [-0.1, -0.05) is 31.6 Å². The molecule has 1 heteroatoms. The molecule has 0 bridgehead atoms. The van der Waals surface area contributed by atoms with E-state index in [2.05, 4.69) is 32.9 Å². The molecule has 0 aliphatic heterocycles. The fourth-order valence-electron chi connectivity index (χ4n) is 2.24. The molecule has 0 aromatic heterocycles. The van der Waals surface area contributed by atoms with Gasteiger partial charge in [0.1, 0.15) is 0 Å². The lowest BCUT2D eigenvalue weighted by Gasteiger charge is -2.29. The molecule has 1 aliphatic carbocycles. The lowest BCUT2D eigenvalue weighted by molar-refractivity contribution is -0.112. The molecule has 1 unspecified atom stereocenters. The van der Waals surface area contributed by atoms with Crippen LogP contribution in [0.2, 0.25) is 0 Å². The van der Waals surface area contributed by atoms with E-state index in [1.54, 1.807) is 13.0 Å². The zero-order valence-electron chi connectivity index (χ0n) is 11.0. The molecule has 0 saturated heterocycles. The normalized spacial score (nSPS) is 29.2. The van der Waals surface area contributed by atoms with Gasteiger partial charge >= 0.3 is 0 Å². The Morgan fingerprint density at radius 2 is 2.12 bits per heavy atom. The van der Waals surface area contributed by atoms with Gasteiger partial charge in [-0.3, -0.25) is 4.79 Å². The number of hydrogen-bond acceptors (Lipinski definition) is 1. The Morgan fingerprint density at radius 3 is 2.75 bits per heavy atom. The second-order valence-corrected chi connectivity index (χ2v) is 5.77. The lowest BCUT2D eigenvalue weighted by Crippen LogP contribution is -2.15. The fourth-order valence-corrected chi connectivity index (χ4v) is 2.24. The van der Waals surface area contributed by atoms with E-state index in [1.807, 2.05) is 0 Å². The summed E-state index contributed by atoms with van der Waals surface area (Å²) in [6, 6.07) is 0. The first-order valence-electron chi connectivity index (χ1n) is 6.26. The lowest BCUT2D eigenvalue weighted by atomic mass is 9.77. The number of allylic oxidation sites excluding steroid dienone is 4. The summed E-state index contributed by atoms with van der Waals surface area (Å²) in [4.78, 5) is 11.0. The highest BCUT2D eigenvalue weighted by Crippen LogP contribution is 2.35. The number of carbonyl (C=O) groups excluding carboxylic acids is 1. The molecule has 1 atom stereocenters. The van der Waals surface area contributed by atoms with E-state index in [1.165, 1.54) is 31.3 Å². The summed E-state index contributed by atoms with van der Waals surface area (Å²) < 4.78 is 0. The summed E-state index contributed by atoms with van der Waals surface area (Å²) in [6.07, 6.45) is 11.0. The number of carbonyl (C=O) groups is 1. The summed E-state index contributed by atoms with van der Waals surface area (Å²) in [5, 5.41) is 0. The Labute approximate surface area is 99.6 Å². The van der Waals surface area contributed by atoms with Crippen LogP contribution in [-0.2, 0) is 4.79 Å². The van der Waals surface area contributed by atoms with Gasteiger partial charge in [-0.2, -0.15) is 0 Å². The standard InChI is InChI=1S/C15H24O/c1-12-6-5-10-15(3,4)11-9-14(12)8-7-13(2)16/h6-8,14H,5,9-11H2,1-4H3/b8-7?,12-6-. The van der Waals surface area contributed by atoms with Crippen molar-refractivity contribution in [3.05, 3.63) is 23.8 Å². The van der Waals surface area contributed by atoms with E-state index in [9.17, 15) is 4.79 Å². The maximum Gasteiger partial charge on any atom is 0.152 e. The SMILES string of the molecule is CC(=O)C=CC1CCC(C)(C)CC/C=C\1C. The minimum Gasteiger partial charge on any atom is -0.295 e. The molecule has 0 aromatic carbocycles. The molecule has 1 nitrogen and oxygen atoms in total. The van der Waals surface area contributed by atoms with Crippen LogP contribution >= 0.6 is 0 Å². The minimum absolute atomic E-state index is 0.147. The molecule has 0 aromatic rings. The van der Waals surface area contributed by atoms with Gasteiger partial charge in [0.25, 0.3) is 0 Å². The van der Waals surface area contributed by atoms with Crippen molar-refractivity contribution in [2.24, 2.45) is 11.3 Å². The van der Waals surface area contributed by atoms with Crippen molar-refractivity contribution in [2.75, 3.05) is 0 Å². The Morgan fingerprint density at radius 1 is 1.44 bits per heavy atom. The summed E-state index contributed by atoms with van der Waals surface area (Å²) in [7, 11) is 0. The Bertz CT molecular complexity index is 307. The molecule has 1 aliphatic rings.